The molecule has 0 aliphatic heterocycles. The van der Waals surface area contributed by atoms with Crippen molar-refractivity contribution in [1.29, 1.82) is 0 Å². The van der Waals surface area contributed by atoms with Crippen molar-refractivity contribution in [1.82, 2.24) is 10.6 Å². The van der Waals surface area contributed by atoms with Gasteiger partial charge < -0.3 is 15.7 Å². The van der Waals surface area contributed by atoms with Crippen LogP contribution in [0.15, 0.2) is 18.2 Å². The molecular formula is C11H14ClFN2O2. The molecule has 4 nitrogen and oxygen atoms in total. The Bertz CT molecular complexity index is 401. The molecule has 1 unspecified atom stereocenters. The minimum atomic E-state index is -0.919. The van der Waals surface area contributed by atoms with E-state index in [-0.39, 0.29) is 11.6 Å². The number of nitrogens with one attached hydrogen (secondary N) is 2. The molecule has 1 atom stereocenters. The minimum Gasteiger partial charge on any atom is -0.480 e. The standard InChI is InChI=1S/C11H14ClFN2O2/c1-14-10(11(16)17)6-15-5-7-2-3-9(13)8(12)4-7/h2-4,10,14-15H,5-6H2,1H3,(H,16,17). The molecule has 94 valence electrons. The van der Waals surface area contributed by atoms with Gasteiger partial charge in [0.25, 0.3) is 0 Å². The van der Waals surface area contributed by atoms with Crippen LogP contribution in [0.4, 0.5) is 4.39 Å². The molecule has 1 aromatic carbocycles. The molecule has 17 heavy (non-hydrogen) atoms. The lowest BCUT2D eigenvalue weighted by Crippen LogP contribution is -2.42. The number of carboxylic acid groups (broad SMARTS) is 1. The summed E-state index contributed by atoms with van der Waals surface area (Å²) in [7, 11) is 1.58. The van der Waals surface area contributed by atoms with Gasteiger partial charge in [0, 0.05) is 13.1 Å². The van der Waals surface area contributed by atoms with Crippen LogP contribution in [0.1, 0.15) is 5.56 Å². The SMILES string of the molecule is CNC(CNCc1ccc(F)c(Cl)c1)C(=O)O. The zero-order valence-corrected chi connectivity index (χ0v) is 10.1. The van der Waals surface area contributed by atoms with Crippen molar-refractivity contribution < 1.29 is 14.3 Å². The highest BCUT2D eigenvalue weighted by atomic mass is 35.5. The second-order valence-electron chi connectivity index (χ2n) is 3.56. The Morgan fingerprint density at radius 1 is 1.59 bits per heavy atom. The summed E-state index contributed by atoms with van der Waals surface area (Å²) in [5, 5.41) is 14.5. The summed E-state index contributed by atoms with van der Waals surface area (Å²) in [6, 6.07) is 3.75. The quantitative estimate of drug-likeness (QED) is 0.720. The summed E-state index contributed by atoms with van der Waals surface area (Å²) >= 11 is 5.62. The number of rotatable bonds is 6. The molecule has 0 spiro atoms. The highest BCUT2D eigenvalue weighted by molar-refractivity contribution is 6.30. The van der Waals surface area contributed by atoms with Crippen LogP contribution < -0.4 is 10.6 Å². The lowest BCUT2D eigenvalue weighted by Gasteiger charge is -2.12. The zero-order valence-electron chi connectivity index (χ0n) is 9.34. The van der Waals surface area contributed by atoms with E-state index in [1.165, 1.54) is 12.1 Å². The van der Waals surface area contributed by atoms with E-state index in [0.29, 0.717) is 6.54 Å². The molecule has 0 aliphatic rings. The number of hydrogen-bond acceptors (Lipinski definition) is 3. The van der Waals surface area contributed by atoms with E-state index in [2.05, 4.69) is 10.6 Å². The van der Waals surface area contributed by atoms with Crippen molar-refractivity contribution in [3.8, 4) is 0 Å². The van der Waals surface area contributed by atoms with E-state index in [1.807, 2.05) is 0 Å². The number of likely N-dealkylation sites (N-methyl/N-ethyl adjacent to an activating group) is 1. The Labute approximate surface area is 104 Å². The first-order valence-corrected chi connectivity index (χ1v) is 5.47. The van der Waals surface area contributed by atoms with Crippen LogP contribution in [0.3, 0.4) is 0 Å². The van der Waals surface area contributed by atoms with Crippen LogP contribution in [0.5, 0.6) is 0 Å². The van der Waals surface area contributed by atoms with E-state index >= 15 is 0 Å². The van der Waals surface area contributed by atoms with Crippen molar-refractivity contribution in [3.05, 3.63) is 34.6 Å². The van der Waals surface area contributed by atoms with Gasteiger partial charge in [0.15, 0.2) is 0 Å². The summed E-state index contributed by atoms with van der Waals surface area (Å²) in [6.45, 7) is 0.715. The molecule has 0 aromatic heterocycles. The van der Waals surface area contributed by atoms with Gasteiger partial charge in [-0.2, -0.15) is 0 Å². The van der Waals surface area contributed by atoms with Crippen LogP contribution in [-0.2, 0) is 11.3 Å². The molecule has 0 aliphatic carbocycles. The first-order chi connectivity index (χ1) is 8.04. The molecule has 0 bridgehead atoms. The summed E-state index contributed by atoms with van der Waals surface area (Å²) < 4.78 is 12.9. The van der Waals surface area contributed by atoms with E-state index < -0.39 is 17.8 Å². The number of halogens is 2. The maximum absolute atomic E-state index is 12.9. The second-order valence-corrected chi connectivity index (χ2v) is 3.97. The number of carbonyl (C=O) groups is 1. The van der Waals surface area contributed by atoms with Gasteiger partial charge in [0.2, 0.25) is 0 Å². The topological polar surface area (TPSA) is 61.4 Å². The lowest BCUT2D eigenvalue weighted by molar-refractivity contribution is -0.139. The zero-order chi connectivity index (χ0) is 12.8. The van der Waals surface area contributed by atoms with Crippen molar-refractivity contribution in [2.45, 2.75) is 12.6 Å². The van der Waals surface area contributed by atoms with Crippen molar-refractivity contribution >= 4 is 17.6 Å². The van der Waals surface area contributed by atoms with Crippen molar-refractivity contribution in [2.75, 3.05) is 13.6 Å². The van der Waals surface area contributed by atoms with Gasteiger partial charge in [0.05, 0.1) is 5.02 Å². The Balaban J connectivity index is 2.45. The number of carboxylic acids is 1. The first-order valence-electron chi connectivity index (χ1n) is 5.09. The highest BCUT2D eigenvalue weighted by Crippen LogP contribution is 2.15. The monoisotopic (exact) mass is 260 g/mol. The predicted molar refractivity (Wildman–Crippen MR) is 63.6 cm³/mol. The van der Waals surface area contributed by atoms with Crippen LogP contribution in [0.2, 0.25) is 5.02 Å². The fourth-order valence-corrected chi connectivity index (χ4v) is 1.53. The fourth-order valence-electron chi connectivity index (χ4n) is 1.32. The third kappa shape index (κ3) is 4.30. The molecule has 0 fully saturated rings. The second kappa shape index (κ2) is 6.54. The normalized spacial score (nSPS) is 12.4. The Morgan fingerprint density at radius 3 is 2.82 bits per heavy atom. The smallest absolute Gasteiger partial charge is 0.322 e. The van der Waals surface area contributed by atoms with E-state index in [9.17, 15) is 9.18 Å². The first kappa shape index (κ1) is 13.9. The molecule has 3 N–H and O–H groups in total. The summed E-state index contributed by atoms with van der Waals surface area (Å²) in [4.78, 5) is 10.7. The van der Waals surface area contributed by atoms with E-state index in [0.717, 1.165) is 5.56 Å². The molecule has 0 radical (unpaired) electrons. The number of hydrogen-bond donors (Lipinski definition) is 3. The number of benzene rings is 1. The summed E-state index contributed by atoms with van der Waals surface area (Å²) in [5.41, 5.74) is 0.802. The summed E-state index contributed by atoms with van der Waals surface area (Å²) in [5.74, 6) is -1.38. The van der Waals surface area contributed by atoms with Crippen molar-refractivity contribution in [2.24, 2.45) is 0 Å². The molecule has 1 rings (SSSR count). The molecule has 0 saturated heterocycles. The van der Waals surface area contributed by atoms with Gasteiger partial charge in [0.1, 0.15) is 11.9 Å². The van der Waals surface area contributed by atoms with E-state index in [4.69, 9.17) is 16.7 Å². The molecular weight excluding hydrogens is 247 g/mol. The third-order valence-electron chi connectivity index (χ3n) is 2.31. The Morgan fingerprint density at radius 2 is 2.29 bits per heavy atom. The molecule has 6 heteroatoms. The largest absolute Gasteiger partial charge is 0.480 e. The maximum Gasteiger partial charge on any atom is 0.322 e. The Kier molecular flexibility index (Phi) is 5.34. The highest BCUT2D eigenvalue weighted by Gasteiger charge is 2.13. The van der Waals surface area contributed by atoms with Crippen LogP contribution in [0.25, 0.3) is 0 Å². The van der Waals surface area contributed by atoms with Gasteiger partial charge in [-0.25, -0.2) is 4.39 Å². The molecule has 0 heterocycles. The maximum atomic E-state index is 12.9. The van der Waals surface area contributed by atoms with Gasteiger partial charge in [-0.15, -0.1) is 0 Å². The van der Waals surface area contributed by atoms with Gasteiger partial charge in [-0.1, -0.05) is 17.7 Å². The molecule has 0 saturated carbocycles. The molecule has 1 aromatic rings. The Hall–Kier alpha value is -1.17. The van der Waals surface area contributed by atoms with Crippen LogP contribution in [0, 0.1) is 5.82 Å². The van der Waals surface area contributed by atoms with Crippen LogP contribution >= 0.6 is 11.6 Å². The average Bonchev–Trinajstić information content (AvgIpc) is 2.28. The lowest BCUT2D eigenvalue weighted by atomic mass is 10.2. The summed E-state index contributed by atoms with van der Waals surface area (Å²) in [6.07, 6.45) is 0. The van der Waals surface area contributed by atoms with Gasteiger partial charge >= 0.3 is 5.97 Å². The van der Waals surface area contributed by atoms with Gasteiger partial charge in [-0.3, -0.25) is 4.79 Å². The van der Waals surface area contributed by atoms with Crippen molar-refractivity contribution in [3.63, 3.8) is 0 Å². The van der Waals surface area contributed by atoms with Gasteiger partial charge in [-0.05, 0) is 24.7 Å². The average molecular weight is 261 g/mol. The number of aliphatic carboxylic acids is 1. The van der Waals surface area contributed by atoms with E-state index in [1.54, 1.807) is 13.1 Å². The predicted octanol–water partition coefficient (Wildman–Crippen LogP) is 1.24. The van der Waals surface area contributed by atoms with Crippen LogP contribution in [-0.4, -0.2) is 30.7 Å². The minimum absolute atomic E-state index is 0.0627. The third-order valence-corrected chi connectivity index (χ3v) is 2.60. The molecule has 0 amide bonds. The fraction of sp³-hybridized carbons (Fsp3) is 0.364.